The molecule has 0 saturated carbocycles. The number of nitrogens with one attached hydrogen (secondary N) is 1. The third-order valence-corrected chi connectivity index (χ3v) is 5.50. The van der Waals surface area contributed by atoms with Crippen LogP contribution in [0.4, 0.5) is 4.39 Å². The van der Waals surface area contributed by atoms with Crippen molar-refractivity contribution >= 4 is 21.8 Å². The van der Waals surface area contributed by atoms with Gasteiger partial charge < -0.3 is 10.2 Å². The predicted octanol–water partition coefficient (Wildman–Crippen LogP) is 3.31. The van der Waals surface area contributed by atoms with Crippen LogP contribution in [-0.4, -0.2) is 55.5 Å². The van der Waals surface area contributed by atoms with E-state index in [1.807, 2.05) is 30.3 Å². The van der Waals surface area contributed by atoms with Crippen LogP contribution in [0.3, 0.4) is 0 Å². The van der Waals surface area contributed by atoms with E-state index in [0.717, 1.165) is 36.2 Å². The minimum absolute atomic E-state index is 0.0238. The summed E-state index contributed by atoms with van der Waals surface area (Å²) < 4.78 is 14.1. The smallest absolute Gasteiger partial charge is 0.252 e. The number of halogens is 2. The standard InChI is InChI=1S/C20H23BrFN3O/c1-24-10-12-25(13-11-24)19(15-6-8-16(22)9-7-15)14-23-20(26)17-4-2-3-5-18(17)21/h2-9,19H,10-14H2,1H3,(H,23,26)/t19-/m0/s1. The van der Waals surface area contributed by atoms with Gasteiger partial charge in [-0.2, -0.15) is 0 Å². The molecular formula is C20H23BrFN3O. The Kier molecular flexibility index (Phi) is 6.40. The SMILES string of the molecule is CN1CCN([C@@H](CNC(=O)c2ccccc2Br)c2ccc(F)cc2)CC1. The first kappa shape index (κ1) is 19.0. The van der Waals surface area contributed by atoms with Gasteiger partial charge in [0, 0.05) is 37.2 Å². The molecule has 0 spiro atoms. The molecule has 138 valence electrons. The molecule has 0 aromatic heterocycles. The van der Waals surface area contributed by atoms with Gasteiger partial charge in [-0.25, -0.2) is 4.39 Å². The molecule has 1 fully saturated rings. The van der Waals surface area contributed by atoms with Gasteiger partial charge >= 0.3 is 0 Å². The van der Waals surface area contributed by atoms with Crippen LogP contribution in [0.25, 0.3) is 0 Å². The van der Waals surface area contributed by atoms with Crippen molar-refractivity contribution < 1.29 is 9.18 Å². The first-order valence-electron chi connectivity index (χ1n) is 8.75. The molecule has 26 heavy (non-hydrogen) atoms. The number of benzene rings is 2. The largest absolute Gasteiger partial charge is 0.350 e. The third-order valence-electron chi connectivity index (χ3n) is 4.81. The predicted molar refractivity (Wildman–Crippen MR) is 105 cm³/mol. The van der Waals surface area contributed by atoms with Crippen LogP contribution >= 0.6 is 15.9 Å². The summed E-state index contributed by atoms with van der Waals surface area (Å²) in [4.78, 5) is 17.2. The van der Waals surface area contributed by atoms with Gasteiger partial charge in [0.2, 0.25) is 0 Å². The van der Waals surface area contributed by atoms with Crippen molar-refractivity contribution in [3.05, 3.63) is 69.9 Å². The van der Waals surface area contributed by atoms with Gasteiger partial charge in [-0.1, -0.05) is 24.3 Å². The number of likely N-dealkylation sites (N-methyl/N-ethyl adjacent to an activating group) is 1. The van der Waals surface area contributed by atoms with Crippen molar-refractivity contribution in [1.82, 2.24) is 15.1 Å². The molecule has 0 radical (unpaired) electrons. The van der Waals surface area contributed by atoms with Gasteiger partial charge in [0.25, 0.3) is 5.91 Å². The molecular weight excluding hydrogens is 397 g/mol. The van der Waals surface area contributed by atoms with Crippen molar-refractivity contribution in [2.75, 3.05) is 39.8 Å². The zero-order valence-corrected chi connectivity index (χ0v) is 16.4. The normalized spacial score (nSPS) is 17.0. The summed E-state index contributed by atoms with van der Waals surface area (Å²) in [6.45, 7) is 4.29. The topological polar surface area (TPSA) is 35.6 Å². The fourth-order valence-corrected chi connectivity index (χ4v) is 3.67. The summed E-state index contributed by atoms with van der Waals surface area (Å²) in [6.07, 6.45) is 0. The average Bonchev–Trinajstić information content (AvgIpc) is 2.65. The van der Waals surface area contributed by atoms with E-state index in [9.17, 15) is 9.18 Å². The highest BCUT2D eigenvalue weighted by atomic mass is 79.9. The quantitative estimate of drug-likeness (QED) is 0.807. The van der Waals surface area contributed by atoms with Crippen LogP contribution < -0.4 is 5.32 Å². The lowest BCUT2D eigenvalue weighted by Gasteiger charge is -2.38. The molecule has 1 amide bonds. The van der Waals surface area contributed by atoms with Crippen LogP contribution in [0.5, 0.6) is 0 Å². The molecule has 2 aromatic rings. The van der Waals surface area contributed by atoms with E-state index in [-0.39, 0.29) is 17.8 Å². The molecule has 1 aliphatic heterocycles. The number of carbonyl (C=O) groups excluding carboxylic acids is 1. The number of amides is 1. The summed E-state index contributed by atoms with van der Waals surface area (Å²) in [6, 6.07) is 14.0. The first-order chi connectivity index (χ1) is 12.5. The molecule has 1 heterocycles. The van der Waals surface area contributed by atoms with E-state index in [0.29, 0.717) is 12.1 Å². The number of nitrogens with zero attached hydrogens (tertiary/aromatic N) is 2. The summed E-state index contributed by atoms with van der Waals surface area (Å²) >= 11 is 3.42. The van der Waals surface area contributed by atoms with Gasteiger partial charge in [0.15, 0.2) is 0 Å². The van der Waals surface area contributed by atoms with Crippen molar-refractivity contribution in [2.24, 2.45) is 0 Å². The van der Waals surface area contributed by atoms with Crippen molar-refractivity contribution in [1.29, 1.82) is 0 Å². The van der Waals surface area contributed by atoms with Gasteiger partial charge in [0.1, 0.15) is 5.82 Å². The minimum Gasteiger partial charge on any atom is -0.350 e. The maximum atomic E-state index is 13.3. The van der Waals surface area contributed by atoms with Gasteiger partial charge in [-0.3, -0.25) is 9.69 Å². The lowest BCUT2D eigenvalue weighted by Crippen LogP contribution is -2.48. The molecule has 4 nitrogen and oxygen atoms in total. The average molecular weight is 420 g/mol. The summed E-state index contributed by atoms with van der Waals surface area (Å²) in [5.74, 6) is -0.359. The van der Waals surface area contributed by atoms with Crippen molar-refractivity contribution in [3.63, 3.8) is 0 Å². The van der Waals surface area contributed by atoms with E-state index in [1.54, 1.807) is 6.07 Å². The first-order valence-corrected chi connectivity index (χ1v) is 9.54. The van der Waals surface area contributed by atoms with Gasteiger partial charge in [-0.15, -0.1) is 0 Å². The fraction of sp³-hybridized carbons (Fsp3) is 0.350. The van der Waals surface area contributed by atoms with E-state index in [4.69, 9.17) is 0 Å². The van der Waals surface area contributed by atoms with Crippen LogP contribution in [0.2, 0.25) is 0 Å². The van der Waals surface area contributed by atoms with Crippen LogP contribution in [-0.2, 0) is 0 Å². The van der Waals surface area contributed by atoms with E-state index in [2.05, 4.69) is 38.1 Å². The Morgan fingerprint density at radius 3 is 2.42 bits per heavy atom. The highest BCUT2D eigenvalue weighted by Gasteiger charge is 2.24. The molecule has 6 heteroatoms. The van der Waals surface area contributed by atoms with Gasteiger partial charge in [-0.05, 0) is 52.8 Å². The van der Waals surface area contributed by atoms with Crippen molar-refractivity contribution in [2.45, 2.75) is 6.04 Å². The van der Waals surface area contributed by atoms with Gasteiger partial charge in [0.05, 0.1) is 11.6 Å². The molecule has 0 bridgehead atoms. The molecule has 3 rings (SSSR count). The molecule has 1 N–H and O–H groups in total. The molecule has 1 atom stereocenters. The molecule has 0 unspecified atom stereocenters. The van der Waals surface area contributed by atoms with Crippen LogP contribution in [0.1, 0.15) is 22.0 Å². The number of rotatable bonds is 5. The van der Waals surface area contributed by atoms with E-state index < -0.39 is 0 Å². The lowest BCUT2D eigenvalue weighted by atomic mass is 10.0. The highest BCUT2D eigenvalue weighted by molar-refractivity contribution is 9.10. The summed E-state index contributed by atoms with van der Waals surface area (Å²) in [5.41, 5.74) is 1.63. The number of piperazine rings is 1. The second-order valence-corrected chi connectivity index (χ2v) is 7.45. The third kappa shape index (κ3) is 4.69. The zero-order chi connectivity index (χ0) is 18.5. The monoisotopic (exact) mass is 419 g/mol. The fourth-order valence-electron chi connectivity index (χ4n) is 3.21. The van der Waals surface area contributed by atoms with E-state index in [1.165, 1.54) is 12.1 Å². The number of hydrogen-bond donors (Lipinski definition) is 1. The minimum atomic E-state index is -0.247. The summed E-state index contributed by atoms with van der Waals surface area (Å²) in [7, 11) is 2.11. The Balaban J connectivity index is 1.74. The molecule has 1 saturated heterocycles. The maximum Gasteiger partial charge on any atom is 0.252 e. The molecule has 1 aliphatic rings. The number of carbonyl (C=O) groups is 1. The zero-order valence-electron chi connectivity index (χ0n) is 14.8. The molecule has 0 aliphatic carbocycles. The highest BCUT2D eigenvalue weighted by Crippen LogP contribution is 2.23. The van der Waals surface area contributed by atoms with Crippen molar-refractivity contribution in [3.8, 4) is 0 Å². The summed E-state index contributed by atoms with van der Waals surface area (Å²) in [5, 5.41) is 3.04. The maximum absolute atomic E-state index is 13.3. The van der Waals surface area contributed by atoms with Crippen LogP contribution in [0.15, 0.2) is 53.0 Å². The Labute approximate surface area is 162 Å². The Bertz CT molecular complexity index is 745. The van der Waals surface area contributed by atoms with Crippen LogP contribution in [0, 0.1) is 5.82 Å². The number of hydrogen-bond acceptors (Lipinski definition) is 3. The Morgan fingerprint density at radius 2 is 1.77 bits per heavy atom. The second-order valence-electron chi connectivity index (χ2n) is 6.60. The van der Waals surface area contributed by atoms with E-state index >= 15 is 0 Å². The second kappa shape index (κ2) is 8.75. The molecule has 2 aromatic carbocycles. The Hall–Kier alpha value is -1.76. The lowest BCUT2D eigenvalue weighted by molar-refractivity contribution is 0.0885. The Morgan fingerprint density at radius 1 is 1.12 bits per heavy atom.